The van der Waals surface area contributed by atoms with Crippen LogP contribution in [0.2, 0.25) is 0 Å². The van der Waals surface area contributed by atoms with Crippen molar-refractivity contribution in [1.29, 1.82) is 0 Å². The van der Waals surface area contributed by atoms with E-state index in [0.29, 0.717) is 5.41 Å². The fraction of sp³-hybridized carbons (Fsp3) is 0.684. The lowest BCUT2D eigenvalue weighted by atomic mass is 9.78. The normalized spacial score (nSPS) is 28.1. The lowest BCUT2D eigenvalue weighted by Crippen LogP contribution is -2.39. The van der Waals surface area contributed by atoms with Gasteiger partial charge in [0.2, 0.25) is 0 Å². The molecule has 3 heteroatoms. The van der Waals surface area contributed by atoms with Crippen LogP contribution in [0.15, 0.2) is 24.3 Å². The maximum absolute atomic E-state index is 5.93. The van der Waals surface area contributed by atoms with E-state index in [4.69, 9.17) is 4.74 Å². The molecular weight excluding hydrogens is 272 g/mol. The van der Waals surface area contributed by atoms with Crippen LogP contribution in [0.3, 0.4) is 0 Å². The highest BCUT2D eigenvalue weighted by atomic mass is 16.5. The van der Waals surface area contributed by atoms with Gasteiger partial charge < -0.3 is 15.0 Å². The first-order valence-corrected chi connectivity index (χ1v) is 8.97. The molecule has 1 aromatic rings. The molecule has 2 saturated heterocycles. The molecule has 3 aliphatic rings. The smallest absolute Gasteiger partial charge is 0.122 e. The van der Waals surface area contributed by atoms with E-state index in [-0.39, 0.29) is 0 Å². The van der Waals surface area contributed by atoms with Crippen LogP contribution < -0.4 is 10.1 Å². The summed E-state index contributed by atoms with van der Waals surface area (Å²) in [5.74, 6) is 1.86. The van der Waals surface area contributed by atoms with Crippen molar-refractivity contribution in [1.82, 2.24) is 10.2 Å². The zero-order chi connectivity index (χ0) is 14.8. The fourth-order valence-corrected chi connectivity index (χ4v) is 4.63. The number of benzene rings is 1. The molecule has 0 saturated carbocycles. The van der Waals surface area contributed by atoms with Crippen LogP contribution in [0, 0.1) is 11.3 Å². The largest absolute Gasteiger partial charge is 0.493 e. The lowest BCUT2D eigenvalue weighted by molar-refractivity contribution is 0.179. The van der Waals surface area contributed by atoms with Gasteiger partial charge in [0.1, 0.15) is 5.75 Å². The van der Waals surface area contributed by atoms with E-state index in [1.807, 2.05) is 0 Å². The first kappa shape index (κ1) is 14.5. The molecule has 0 amide bonds. The molecule has 0 radical (unpaired) electrons. The first-order valence-electron chi connectivity index (χ1n) is 8.97. The molecular formula is C19H28N2O. The molecule has 3 aliphatic heterocycles. The van der Waals surface area contributed by atoms with E-state index in [1.165, 1.54) is 70.4 Å². The molecule has 1 atom stereocenters. The number of nitrogens with one attached hydrogen (secondary N) is 1. The molecule has 22 heavy (non-hydrogen) atoms. The molecule has 0 bridgehead atoms. The van der Waals surface area contributed by atoms with Gasteiger partial charge in [0.05, 0.1) is 6.61 Å². The van der Waals surface area contributed by atoms with Gasteiger partial charge in [-0.05, 0) is 74.7 Å². The van der Waals surface area contributed by atoms with E-state index >= 15 is 0 Å². The average molecular weight is 300 g/mol. The molecule has 0 aromatic heterocycles. The van der Waals surface area contributed by atoms with E-state index in [2.05, 4.69) is 34.5 Å². The van der Waals surface area contributed by atoms with Crippen molar-refractivity contribution in [3.05, 3.63) is 29.8 Å². The summed E-state index contributed by atoms with van der Waals surface area (Å²) in [7, 11) is 0. The van der Waals surface area contributed by atoms with Gasteiger partial charge >= 0.3 is 0 Å². The number of para-hydroxylation sites is 1. The van der Waals surface area contributed by atoms with Crippen molar-refractivity contribution in [2.45, 2.75) is 32.1 Å². The third kappa shape index (κ3) is 3.02. The number of rotatable bonds is 2. The molecule has 1 aromatic carbocycles. The highest BCUT2D eigenvalue weighted by Gasteiger charge is 2.39. The van der Waals surface area contributed by atoms with Gasteiger partial charge in [-0.3, -0.25) is 0 Å². The summed E-state index contributed by atoms with van der Waals surface area (Å²) < 4.78 is 5.93. The minimum Gasteiger partial charge on any atom is -0.493 e. The van der Waals surface area contributed by atoms with Gasteiger partial charge in [0, 0.05) is 13.1 Å². The highest BCUT2D eigenvalue weighted by Crippen LogP contribution is 2.39. The monoisotopic (exact) mass is 300 g/mol. The van der Waals surface area contributed by atoms with Crippen molar-refractivity contribution in [2.75, 3.05) is 39.3 Å². The summed E-state index contributed by atoms with van der Waals surface area (Å²) in [6.07, 6.45) is 6.54. The van der Waals surface area contributed by atoms with Crippen molar-refractivity contribution in [3.63, 3.8) is 0 Å². The first-order chi connectivity index (χ1) is 10.8. The molecule has 1 N–H and O–H groups in total. The second kappa shape index (κ2) is 6.21. The molecule has 3 nitrogen and oxygen atoms in total. The Morgan fingerprint density at radius 3 is 2.95 bits per heavy atom. The van der Waals surface area contributed by atoms with E-state index < -0.39 is 0 Å². The third-order valence-electron chi connectivity index (χ3n) is 5.96. The van der Waals surface area contributed by atoms with Crippen LogP contribution in [0.4, 0.5) is 0 Å². The Kier molecular flexibility index (Phi) is 4.10. The maximum atomic E-state index is 5.93. The Morgan fingerprint density at radius 1 is 1.18 bits per heavy atom. The summed E-state index contributed by atoms with van der Waals surface area (Å²) >= 11 is 0. The van der Waals surface area contributed by atoms with Gasteiger partial charge in [0.25, 0.3) is 0 Å². The Hall–Kier alpha value is -1.06. The average Bonchev–Trinajstić information content (AvgIpc) is 2.80. The van der Waals surface area contributed by atoms with E-state index in [1.54, 1.807) is 0 Å². The fourth-order valence-electron chi connectivity index (χ4n) is 4.63. The predicted molar refractivity (Wildman–Crippen MR) is 89.3 cm³/mol. The molecule has 120 valence electrons. The lowest BCUT2D eigenvalue weighted by Gasteiger charge is -2.34. The van der Waals surface area contributed by atoms with E-state index in [0.717, 1.165) is 18.3 Å². The van der Waals surface area contributed by atoms with Crippen molar-refractivity contribution < 1.29 is 4.74 Å². The Bertz CT molecular complexity index is 510. The van der Waals surface area contributed by atoms with Gasteiger partial charge in [-0.25, -0.2) is 0 Å². The third-order valence-corrected chi connectivity index (χ3v) is 5.96. The molecule has 3 heterocycles. The summed E-state index contributed by atoms with van der Waals surface area (Å²) in [5, 5.41) is 3.52. The van der Waals surface area contributed by atoms with Crippen LogP contribution in [-0.4, -0.2) is 44.2 Å². The topological polar surface area (TPSA) is 24.5 Å². The van der Waals surface area contributed by atoms with Crippen molar-refractivity contribution >= 4 is 0 Å². The minimum absolute atomic E-state index is 0.629. The van der Waals surface area contributed by atoms with Crippen LogP contribution in [-0.2, 0) is 6.42 Å². The zero-order valence-corrected chi connectivity index (χ0v) is 13.5. The second-order valence-corrected chi connectivity index (χ2v) is 7.55. The Balaban J connectivity index is 1.38. The quantitative estimate of drug-likeness (QED) is 0.909. The number of nitrogens with zero attached hydrogens (tertiary/aromatic N) is 1. The number of ether oxygens (including phenoxy) is 1. The standard InChI is InChI=1S/C19H28N2O/c1-2-4-18-17(3-1)13-16(5-12-22-18)14-21-11-8-19(15-21)6-9-20-10-7-19/h1-4,16,20H,5-15H2/t16-/m0/s1. The van der Waals surface area contributed by atoms with Crippen LogP contribution in [0.1, 0.15) is 31.2 Å². The Morgan fingerprint density at radius 2 is 2.05 bits per heavy atom. The number of fused-ring (bicyclic) bond motifs is 1. The predicted octanol–water partition coefficient (Wildman–Crippen LogP) is 2.70. The number of hydrogen-bond donors (Lipinski definition) is 1. The number of likely N-dealkylation sites (tertiary alicyclic amines) is 1. The van der Waals surface area contributed by atoms with Crippen LogP contribution in [0.5, 0.6) is 5.75 Å². The van der Waals surface area contributed by atoms with Crippen molar-refractivity contribution in [2.24, 2.45) is 11.3 Å². The molecule has 1 spiro atoms. The van der Waals surface area contributed by atoms with Gasteiger partial charge in [-0.15, -0.1) is 0 Å². The highest BCUT2D eigenvalue weighted by molar-refractivity contribution is 5.34. The van der Waals surface area contributed by atoms with E-state index in [9.17, 15) is 0 Å². The summed E-state index contributed by atoms with van der Waals surface area (Å²) in [6, 6.07) is 8.59. The molecule has 2 fully saturated rings. The zero-order valence-electron chi connectivity index (χ0n) is 13.5. The van der Waals surface area contributed by atoms with Crippen molar-refractivity contribution in [3.8, 4) is 5.75 Å². The second-order valence-electron chi connectivity index (χ2n) is 7.55. The summed E-state index contributed by atoms with van der Waals surface area (Å²) in [6.45, 7) is 7.21. The Labute approximate surface area is 134 Å². The SMILES string of the molecule is c1ccc2c(c1)C[C@@H](CN1CCC3(CCNCC3)C1)CCO2. The minimum atomic E-state index is 0.629. The number of hydrogen-bond acceptors (Lipinski definition) is 3. The molecule has 0 unspecified atom stereocenters. The van der Waals surface area contributed by atoms with Crippen LogP contribution in [0.25, 0.3) is 0 Å². The van der Waals surface area contributed by atoms with Gasteiger partial charge in [-0.2, -0.15) is 0 Å². The summed E-state index contributed by atoms with van der Waals surface area (Å²) in [5.41, 5.74) is 2.03. The van der Waals surface area contributed by atoms with Crippen LogP contribution >= 0.6 is 0 Å². The summed E-state index contributed by atoms with van der Waals surface area (Å²) in [4.78, 5) is 2.74. The van der Waals surface area contributed by atoms with Gasteiger partial charge in [0.15, 0.2) is 0 Å². The molecule has 0 aliphatic carbocycles. The maximum Gasteiger partial charge on any atom is 0.122 e. The molecule has 4 rings (SSSR count). The van der Waals surface area contributed by atoms with Gasteiger partial charge in [-0.1, -0.05) is 18.2 Å². The number of piperidine rings is 1.